The highest BCUT2D eigenvalue weighted by atomic mass is 16.5. The van der Waals surface area contributed by atoms with Crippen LogP contribution in [-0.4, -0.2) is 30.3 Å². The van der Waals surface area contributed by atoms with E-state index in [1.807, 2.05) is 30.3 Å². The number of carbonyl (C=O) groups is 1. The predicted molar refractivity (Wildman–Crippen MR) is 74.6 cm³/mol. The van der Waals surface area contributed by atoms with Crippen molar-refractivity contribution in [3.63, 3.8) is 0 Å². The third kappa shape index (κ3) is 3.22. The number of benzene rings is 1. The van der Waals surface area contributed by atoms with E-state index in [4.69, 9.17) is 9.47 Å². The molecule has 0 saturated carbocycles. The normalized spacial score (nSPS) is 10.0. The monoisotopic (exact) mass is 289 g/mol. The van der Waals surface area contributed by atoms with Gasteiger partial charge in [0.25, 0.3) is 0 Å². The average Bonchev–Trinajstić information content (AvgIpc) is 2.53. The van der Waals surface area contributed by atoms with Crippen LogP contribution in [0, 0.1) is 0 Å². The molecule has 6 nitrogen and oxygen atoms in total. The first kappa shape index (κ1) is 14.6. The minimum Gasteiger partial charge on any atom is -0.503 e. The van der Waals surface area contributed by atoms with Gasteiger partial charge in [-0.2, -0.15) is 0 Å². The van der Waals surface area contributed by atoms with Crippen LogP contribution in [0.5, 0.6) is 17.2 Å². The van der Waals surface area contributed by atoms with Crippen LogP contribution in [0.25, 0.3) is 0 Å². The fraction of sp³-hybridized carbons (Fsp3) is 0.200. The Bertz CT molecular complexity index is 627. The smallest absolute Gasteiger partial charge is 0.360 e. The van der Waals surface area contributed by atoms with Crippen molar-refractivity contribution in [2.75, 3.05) is 14.2 Å². The highest BCUT2D eigenvalue weighted by Crippen LogP contribution is 2.38. The number of methoxy groups -OCH3 is 2. The molecular formula is C15H15NO5. The van der Waals surface area contributed by atoms with Gasteiger partial charge in [-0.25, -0.2) is 9.78 Å². The molecule has 0 aliphatic heterocycles. The van der Waals surface area contributed by atoms with Gasteiger partial charge in [-0.3, -0.25) is 0 Å². The van der Waals surface area contributed by atoms with Gasteiger partial charge >= 0.3 is 5.97 Å². The Morgan fingerprint density at radius 1 is 1.19 bits per heavy atom. The number of esters is 1. The van der Waals surface area contributed by atoms with Crippen LogP contribution in [0.1, 0.15) is 16.1 Å². The molecule has 2 aromatic rings. The minimum atomic E-state index is -0.670. The summed E-state index contributed by atoms with van der Waals surface area (Å²) in [6.45, 7) is 0.201. The maximum absolute atomic E-state index is 11.7. The van der Waals surface area contributed by atoms with Crippen LogP contribution in [0.2, 0.25) is 0 Å². The summed E-state index contributed by atoms with van der Waals surface area (Å²) < 4.78 is 15.3. The molecule has 0 aliphatic carbocycles. The van der Waals surface area contributed by atoms with Gasteiger partial charge in [0, 0.05) is 0 Å². The van der Waals surface area contributed by atoms with E-state index in [9.17, 15) is 9.90 Å². The summed E-state index contributed by atoms with van der Waals surface area (Å²) >= 11 is 0. The second-order valence-corrected chi connectivity index (χ2v) is 4.12. The summed E-state index contributed by atoms with van der Waals surface area (Å²) in [5.41, 5.74) is 0.849. The molecule has 0 bridgehead atoms. The fourth-order valence-corrected chi connectivity index (χ4v) is 1.77. The van der Waals surface area contributed by atoms with E-state index >= 15 is 0 Å². The van der Waals surface area contributed by atoms with E-state index in [1.54, 1.807) is 0 Å². The molecule has 0 amide bonds. The number of ether oxygens (including phenoxy) is 3. The zero-order chi connectivity index (χ0) is 15.2. The zero-order valence-electron chi connectivity index (χ0n) is 11.7. The number of aromatic hydroxyl groups is 1. The number of rotatable bonds is 5. The maximum Gasteiger partial charge on any atom is 0.360 e. The van der Waals surface area contributed by atoms with Crippen LogP contribution in [0.4, 0.5) is 0 Å². The third-order valence-electron chi connectivity index (χ3n) is 2.78. The first-order valence-electron chi connectivity index (χ1n) is 6.18. The van der Waals surface area contributed by atoms with Crippen molar-refractivity contribution in [2.45, 2.75) is 6.61 Å². The SMILES string of the molecule is COC(=O)c1ncc(O)c(OC)c1OCc1ccccc1. The summed E-state index contributed by atoms with van der Waals surface area (Å²) in [5, 5.41) is 9.75. The Morgan fingerprint density at radius 3 is 2.52 bits per heavy atom. The predicted octanol–water partition coefficient (Wildman–Crippen LogP) is 2.16. The zero-order valence-corrected chi connectivity index (χ0v) is 11.7. The second kappa shape index (κ2) is 6.60. The van der Waals surface area contributed by atoms with Crippen LogP contribution in [0.15, 0.2) is 36.5 Å². The van der Waals surface area contributed by atoms with Gasteiger partial charge in [0.2, 0.25) is 5.75 Å². The largest absolute Gasteiger partial charge is 0.503 e. The van der Waals surface area contributed by atoms with Crippen LogP contribution in [0.3, 0.4) is 0 Å². The molecule has 0 saturated heterocycles. The van der Waals surface area contributed by atoms with Gasteiger partial charge in [-0.1, -0.05) is 30.3 Å². The highest BCUT2D eigenvalue weighted by molar-refractivity contribution is 5.91. The van der Waals surface area contributed by atoms with E-state index in [2.05, 4.69) is 9.72 Å². The molecule has 1 heterocycles. The molecular weight excluding hydrogens is 274 g/mol. The molecule has 2 rings (SSSR count). The average molecular weight is 289 g/mol. The van der Waals surface area contributed by atoms with E-state index in [1.165, 1.54) is 14.2 Å². The lowest BCUT2D eigenvalue weighted by atomic mass is 10.2. The van der Waals surface area contributed by atoms with Gasteiger partial charge in [-0.15, -0.1) is 0 Å². The van der Waals surface area contributed by atoms with Crippen LogP contribution >= 0.6 is 0 Å². The first-order chi connectivity index (χ1) is 10.2. The van der Waals surface area contributed by atoms with Crippen molar-refractivity contribution in [3.05, 3.63) is 47.8 Å². The summed E-state index contributed by atoms with van der Waals surface area (Å²) in [4.78, 5) is 15.6. The molecule has 1 aromatic carbocycles. The molecule has 0 radical (unpaired) electrons. The molecule has 6 heteroatoms. The van der Waals surface area contributed by atoms with E-state index in [0.717, 1.165) is 11.8 Å². The van der Waals surface area contributed by atoms with Gasteiger partial charge in [0.1, 0.15) is 6.61 Å². The molecule has 0 spiro atoms. The molecule has 0 unspecified atom stereocenters. The van der Waals surface area contributed by atoms with Crippen molar-refractivity contribution >= 4 is 5.97 Å². The van der Waals surface area contributed by atoms with Crippen molar-refractivity contribution < 1.29 is 24.1 Å². The van der Waals surface area contributed by atoms with Gasteiger partial charge in [0.05, 0.1) is 20.4 Å². The van der Waals surface area contributed by atoms with E-state index in [-0.39, 0.29) is 29.5 Å². The Hall–Kier alpha value is -2.76. The Kier molecular flexibility index (Phi) is 4.61. The van der Waals surface area contributed by atoms with Crippen molar-refractivity contribution in [3.8, 4) is 17.2 Å². The molecule has 0 atom stereocenters. The number of hydrogen-bond donors (Lipinski definition) is 1. The molecule has 0 aliphatic rings. The third-order valence-corrected chi connectivity index (χ3v) is 2.78. The lowest BCUT2D eigenvalue weighted by molar-refractivity contribution is 0.0587. The Labute approximate surface area is 121 Å². The number of nitrogens with zero attached hydrogens (tertiary/aromatic N) is 1. The molecule has 110 valence electrons. The summed E-state index contributed by atoms with van der Waals surface area (Å²) in [5.74, 6) is -0.792. The lowest BCUT2D eigenvalue weighted by Crippen LogP contribution is -2.09. The Balaban J connectivity index is 2.35. The highest BCUT2D eigenvalue weighted by Gasteiger charge is 2.23. The Morgan fingerprint density at radius 2 is 1.90 bits per heavy atom. The number of pyridine rings is 1. The summed E-state index contributed by atoms with van der Waals surface area (Å²) in [6, 6.07) is 9.39. The molecule has 0 fully saturated rings. The number of aromatic nitrogens is 1. The number of carbonyl (C=O) groups excluding carboxylic acids is 1. The fourth-order valence-electron chi connectivity index (χ4n) is 1.77. The second-order valence-electron chi connectivity index (χ2n) is 4.12. The lowest BCUT2D eigenvalue weighted by Gasteiger charge is -2.14. The van der Waals surface area contributed by atoms with E-state index in [0.29, 0.717) is 0 Å². The van der Waals surface area contributed by atoms with Crippen molar-refractivity contribution in [2.24, 2.45) is 0 Å². The quantitative estimate of drug-likeness (QED) is 0.850. The van der Waals surface area contributed by atoms with Gasteiger partial charge < -0.3 is 19.3 Å². The standard InChI is InChI=1S/C15H15NO5/c1-19-13-11(17)8-16-12(15(18)20-2)14(13)21-9-10-6-4-3-5-7-10/h3-8,17H,9H2,1-2H3. The van der Waals surface area contributed by atoms with Crippen LogP contribution < -0.4 is 9.47 Å². The molecule has 21 heavy (non-hydrogen) atoms. The van der Waals surface area contributed by atoms with Crippen molar-refractivity contribution in [1.82, 2.24) is 4.98 Å². The summed E-state index contributed by atoms with van der Waals surface area (Å²) in [7, 11) is 2.61. The van der Waals surface area contributed by atoms with Gasteiger partial charge in [-0.05, 0) is 5.56 Å². The summed E-state index contributed by atoms with van der Waals surface area (Å²) in [6.07, 6.45) is 1.11. The molecule has 1 N–H and O–H groups in total. The van der Waals surface area contributed by atoms with Crippen molar-refractivity contribution in [1.29, 1.82) is 0 Å². The number of hydrogen-bond acceptors (Lipinski definition) is 6. The first-order valence-corrected chi connectivity index (χ1v) is 6.18. The van der Waals surface area contributed by atoms with Gasteiger partial charge in [0.15, 0.2) is 17.2 Å². The van der Waals surface area contributed by atoms with Crippen LogP contribution in [-0.2, 0) is 11.3 Å². The topological polar surface area (TPSA) is 77.9 Å². The molecule has 1 aromatic heterocycles. The van der Waals surface area contributed by atoms with E-state index < -0.39 is 5.97 Å². The maximum atomic E-state index is 11.7. The minimum absolute atomic E-state index is 0.0429.